The standard InChI is InChI=1S/C15H21N7O/c1-11-9-14(21(2)20-11)22-8-4-5-12(10-22)17-15(23)18-13-6-3-7-16-19-13/h3,6-7,9,12H,4-5,8,10H2,1-2H3,(H2,17,18,19,23)/t12-/m0/s1. The van der Waals surface area contributed by atoms with Crippen molar-refractivity contribution < 1.29 is 4.79 Å². The lowest BCUT2D eigenvalue weighted by atomic mass is 10.1. The predicted molar refractivity (Wildman–Crippen MR) is 87.4 cm³/mol. The molecule has 0 aliphatic carbocycles. The van der Waals surface area contributed by atoms with E-state index in [0.29, 0.717) is 5.82 Å². The van der Waals surface area contributed by atoms with Crippen LogP contribution in [0.25, 0.3) is 0 Å². The third-order valence-corrected chi connectivity index (χ3v) is 3.87. The summed E-state index contributed by atoms with van der Waals surface area (Å²) in [5.41, 5.74) is 0.998. The second kappa shape index (κ2) is 6.64. The molecule has 2 N–H and O–H groups in total. The van der Waals surface area contributed by atoms with E-state index >= 15 is 0 Å². The summed E-state index contributed by atoms with van der Waals surface area (Å²) in [6.45, 7) is 3.73. The van der Waals surface area contributed by atoms with Gasteiger partial charge in [-0.05, 0) is 31.9 Å². The van der Waals surface area contributed by atoms with E-state index in [-0.39, 0.29) is 12.1 Å². The zero-order chi connectivity index (χ0) is 16.2. The maximum absolute atomic E-state index is 12.1. The number of aryl methyl sites for hydroxylation is 2. The van der Waals surface area contributed by atoms with Gasteiger partial charge < -0.3 is 10.2 Å². The molecule has 1 fully saturated rings. The minimum Gasteiger partial charge on any atom is -0.355 e. The predicted octanol–water partition coefficient (Wildman–Crippen LogP) is 1.31. The molecule has 0 spiro atoms. The van der Waals surface area contributed by atoms with Crippen LogP contribution in [0.15, 0.2) is 24.4 Å². The maximum Gasteiger partial charge on any atom is 0.320 e. The molecule has 3 heterocycles. The molecule has 3 rings (SSSR count). The zero-order valence-electron chi connectivity index (χ0n) is 13.4. The number of hydrogen-bond donors (Lipinski definition) is 2. The average molecular weight is 315 g/mol. The van der Waals surface area contributed by atoms with Crippen molar-refractivity contribution in [2.24, 2.45) is 7.05 Å². The van der Waals surface area contributed by atoms with E-state index in [0.717, 1.165) is 37.4 Å². The molecule has 23 heavy (non-hydrogen) atoms. The fourth-order valence-corrected chi connectivity index (χ4v) is 2.90. The van der Waals surface area contributed by atoms with Crippen LogP contribution in [0.5, 0.6) is 0 Å². The summed E-state index contributed by atoms with van der Waals surface area (Å²) in [6.07, 6.45) is 3.56. The molecule has 1 aliphatic rings. The van der Waals surface area contributed by atoms with E-state index in [1.54, 1.807) is 18.3 Å². The second-order valence-corrected chi connectivity index (χ2v) is 5.76. The summed E-state index contributed by atoms with van der Waals surface area (Å²) in [7, 11) is 1.94. The Morgan fingerprint density at radius 1 is 1.43 bits per heavy atom. The molecule has 0 bridgehead atoms. The third-order valence-electron chi connectivity index (χ3n) is 3.87. The Balaban J connectivity index is 1.58. The van der Waals surface area contributed by atoms with Crippen LogP contribution in [0.4, 0.5) is 16.4 Å². The molecule has 1 aliphatic heterocycles. The number of urea groups is 1. The summed E-state index contributed by atoms with van der Waals surface area (Å²) >= 11 is 0. The first-order chi connectivity index (χ1) is 11.1. The Bertz CT molecular complexity index is 670. The van der Waals surface area contributed by atoms with Crippen LogP contribution in [0.2, 0.25) is 0 Å². The van der Waals surface area contributed by atoms with Crippen molar-refractivity contribution in [2.75, 3.05) is 23.3 Å². The number of nitrogens with one attached hydrogen (secondary N) is 2. The van der Waals surface area contributed by atoms with Gasteiger partial charge in [0.1, 0.15) is 5.82 Å². The first-order valence-corrected chi connectivity index (χ1v) is 7.72. The quantitative estimate of drug-likeness (QED) is 0.891. The van der Waals surface area contributed by atoms with Crippen molar-refractivity contribution in [3.8, 4) is 0 Å². The molecule has 0 saturated carbocycles. The van der Waals surface area contributed by atoms with Gasteiger partial charge in [-0.25, -0.2) is 4.79 Å². The number of carbonyl (C=O) groups excluding carboxylic acids is 1. The normalized spacial score (nSPS) is 17.8. The third kappa shape index (κ3) is 3.77. The topological polar surface area (TPSA) is 88.0 Å². The Labute approximate surface area is 134 Å². The Morgan fingerprint density at radius 2 is 2.30 bits per heavy atom. The Morgan fingerprint density at radius 3 is 3.00 bits per heavy atom. The van der Waals surface area contributed by atoms with Gasteiger partial charge in [-0.2, -0.15) is 10.2 Å². The number of piperidine rings is 1. The SMILES string of the molecule is Cc1cc(N2CCC[C@H](NC(=O)Nc3cccnn3)C2)n(C)n1. The lowest BCUT2D eigenvalue weighted by Gasteiger charge is -2.34. The van der Waals surface area contributed by atoms with Gasteiger partial charge >= 0.3 is 6.03 Å². The number of nitrogens with zero attached hydrogens (tertiary/aromatic N) is 5. The van der Waals surface area contributed by atoms with Crippen LogP contribution in [0.1, 0.15) is 18.5 Å². The average Bonchev–Trinajstić information content (AvgIpc) is 2.87. The lowest BCUT2D eigenvalue weighted by molar-refractivity contribution is 0.246. The Kier molecular flexibility index (Phi) is 4.40. The number of rotatable bonds is 3. The van der Waals surface area contributed by atoms with Crippen LogP contribution in [-0.4, -0.2) is 45.1 Å². The van der Waals surface area contributed by atoms with Crippen LogP contribution in [-0.2, 0) is 7.05 Å². The molecule has 2 aromatic rings. The van der Waals surface area contributed by atoms with Gasteiger partial charge in [0.2, 0.25) is 0 Å². The van der Waals surface area contributed by atoms with Crippen molar-refractivity contribution in [2.45, 2.75) is 25.8 Å². The largest absolute Gasteiger partial charge is 0.355 e. The molecule has 0 aromatic carbocycles. The van der Waals surface area contributed by atoms with Crippen LogP contribution in [0, 0.1) is 6.92 Å². The monoisotopic (exact) mass is 315 g/mol. The number of amides is 2. The van der Waals surface area contributed by atoms with Crippen molar-refractivity contribution >= 4 is 17.7 Å². The molecular weight excluding hydrogens is 294 g/mol. The van der Waals surface area contributed by atoms with E-state index in [2.05, 4.69) is 36.9 Å². The summed E-state index contributed by atoms with van der Waals surface area (Å²) < 4.78 is 1.89. The van der Waals surface area contributed by atoms with Crippen LogP contribution >= 0.6 is 0 Å². The van der Waals surface area contributed by atoms with E-state index in [9.17, 15) is 4.79 Å². The minimum atomic E-state index is -0.251. The Hall–Kier alpha value is -2.64. The summed E-state index contributed by atoms with van der Waals surface area (Å²) in [4.78, 5) is 14.3. The van der Waals surface area contributed by atoms with E-state index in [1.165, 1.54) is 0 Å². The van der Waals surface area contributed by atoms with Gasteiger partial charge in [-0.1, -0.05) is 0 Å². The summed E-state index contributed by atoms with van der Waals surface area (Å²) in [5.74, 6) is 1.53. The number of carbonyl (C=O) groups is 1. The maximum atomic E-state index is 12.1. The first-order valence-electron chi connectivity index (χ1n) is 7.72. The van der Waals surface area contributed by atoms with Gasteiger partial charge in [0.05, 0.1) is 5.69 Å². The van der Waals surface area contributed by atoms with E-state index < -0.39 is 0 Å². The van der Waals surface area contributed by atoms with Crippen molar-refractivity contribution in [3.05, 3.63) is 30.1 Å². The highest BCUT2D eigenvalue weighted by Gasteiger charge is 2.23. The molecule has 1 saturated heterocycles. The number of aromatic nitrogens is 4. The molecular formula is C15H21N7O. The van der Waals surface area contributed by atoms with Gasteiger partial charge in [0, 0.05) is 38.4 Å². The van der Waals surface area contributed by atoms with Gasteiger partial charge in [-0.15, -0.1) is 5.10 Å². The lowest BCUT2D eigenvalue weighted by Crippen LogP contribution is -2.49. The molecule has 8 nitrogen and oxygen atoms in total. The van der Waals surface area contributed by atoms with Crippen molar-refractivity contribution in [3.63, 3.8) is 0 Å². The minimum absolute atomic E-state index is 0.0932. The molecule has 2 aromatic heterocycles. The summed E-state index contributed by atoms with van der Waals surface area (Å²) in [5, 5.41) is 17.7. The number of anilines is 2. The van der Waals surface area contributed by atoms with Crippen molar-refractivity contribution in [1.82, 2.24) is 25.3 Å². The van der Waals surface area contributed by atoms with Crippen LogP contribution < -0.4 is 15.5 Å². The fourth-order valence-electron chi connectivity index (χ4n) is 2.90. The molecule has 2 amide bonds. The molecule has 1 atom stereocenters. The highest BCUT2D eigenvalue weighted by molar-refractivity contribution is 5.88. The number of hydrogen-bond acceptors (Lipinski definition) is 5. The van der Waals surface area contributed by atoms with Gasteiger partial charge in [-0.3, -0.25) is 10.00 Å². The summed E-state index contributed by atoms with van der Waals surface area (Å²) in [6, 6.07) is 5.35. The van der Waals surface area contributed by atoms with Gasteiger partial charge in [0.25, 0.3) is 0 Å². The molecule has 0 unspecified atom stereocenters. The van der Waals surface area contributed by atoms with E-state index in [1.807, 2.05) is 18.7 Å². The molecule has 8 heteroatoms. The molecule has 122 valence electrons. The van der Waals surface area contributed by atoms with Gasteiger partial charge in [0.15, 0.2) is 5.82 Å². The van der Waals surface area contributed by atoms with E-state index in [4.69, 9.17) is 0 Å². The second-order valence-electron chi connectivity index (χ2n) is 5.76. The fraction of sp³-hybridized carbons (Fsp3) is 0.467. The zero-order valence-corrected chi connectivity index (χ0v) is 13.4. The highest BCUT2D eigenvalue weighted by Crippen LogP contribution is 2.20. The first kappa shape index (κ1) is 15.3. The van der Waals surface area contributed by atoms with Crippen LogP contribution in [0.3, 0.4) is 0 Å². The molecule has 0 radical (unpaired) electrons. The van der Waals surface area contributed by atoms with Crippen molar-refractivity contribution in [1.29, 1.82) is 0 Å². The smallest absolute Gasteiger partial charge is 0.320 e. The highest BCUT2D eigenvalue weighted by atomic mass is 16.2.